The van der Waals surface area contributed by atoms with Crippen LogP contribution in [0.15, 0.2) is 0 Å². The average Bonchev–Trinajstić information content (AvgIpc) is 2.80. The molecule has 1 atom stereocenters. The SMILES string of the molecule is CN(C)C1(CNC2CCOC2)CCOCC1. The van der Waals surface area contributed by atoms with Crippen molar-refractivity contribution in [2.45, 2.75) is 30.8 Å². The van der Waals surface area contributed by atoms with E-state index < -0.39 is 0 Å². The molecule has 2 heterocycles. The van der Waals surface area contributed by atoms with Crippen molar-refractivity contribution in [2.24, 2.45) is 0 Å². The monoisotopic (exact) mass is 228 g/mol. The summed E-state index contributed by atoms with van der Waals surface area (Å²) >= 11 is 0. The third-order valence-corrected chi connectivity index (χ3v) is 4.02. The zero-order valence-corrected chi connectivity index (χ0v) is 10.5. The molecule has 1 unspecified atom stereocenters. The van der Waals surface area contributed by atoms with Crippen molar-refractivity contribution < 1.29 is 9.47 Å². The molecule has 0 bridgehead atoms. The van der Waals surface area contributed by atoms with Gasteiger partial charge in [-0.15, -0.1) is 0 Å². The largest absolute Gasteiger partial charge is 0.381 e. The van der Waals surface area contributed by atoms with Crippen LogP contribution < -0.4 is 5.32 Å². The molecular formula is C12H24N2O2. The fraction of sp³-hybridized carbons (Fsp3) is 1.00. The smallest absolute Gasteiger partial charge is 0.0620 e. The van der Waals surface area contributed by atoms with Crippen LogP contribution in [0, 0.1) is 0 Å². The topological polar surface area (TPSA) is 33.7 Å². The Kier molecular flexibility index (Phi) is 4.19. The lowest BCUT2D eigenvalue weighted by Gasteiger charge is -2.43. The van der Waals surface area contributed by atoms with Crippen molar-refractivity contribution in [3.8, 4) is 0 Å². The van der Waals surface area contributed by atoms with Gasteiger partial charge in [0.1, 0.15) is 0 Å². The third-order valence-electron chi connectivity index (χ3n) is 4.02. The third kappa shape index (κ3) is 2.74. The molecule has 16 heavy (non-hydrogen) atoms. The van der Waals surface area contributed by atoms with E-state index in [0.29, 0.717) is 6.04 Å². The van der Waals surface area contributed by atoms with Crippen LogP contribution in [0.5, 0.6) is 0 Å². The van der Waals surface area contributed by atoms with E-state index in [1.165, 1.54) is 0 Å². The zero-order chi connectivity index (χ0) is 11.4. The minimum atomic E-state index is 0.279. The molecule has 0 aliphatic carbocycles. The number of rotatable bonds is 4. The minimum Gasteiger partial charge on any atom is -0.381 e. The number of nitrogens with one attached hydrogen (secondary N) is 1. The van der Waals surface area contributed by atoms with Crippen LogP contribution in [-0.2, 0) is 9.47 Å². The summed E-state index contributed by atoms with van der Waals surface area (Å²) in [4.78, 5) is 2.36. The maximum atomic E-state index is 5.47. The normalized spacial score (nSPS) is 29.8. The molecule has 0 aromatic carbocycles. The fourth-order valence-electron chi connectivity index (χ4n) is 2.56. The van der Waals surface area contributed by atoms with Gasteiger partial charge in [0.25, 0.3) is 0 Å². The predicted molar refractivity (Wildman–Crippen MR) is 63.7 cm³/mol. The molecule has 0 aromatic heterocycles. The Hall–Kier alpha value is -0.160. The highest BCUT2D eigenvalue weighted by Gasteiger charge is 2.35. The van der Waals surface area contributed by atoms with Gasteiger partial charge in [-0.1, -0.05) is 0 Å². The van der Waals surface area contributed by atoms with E-state index in [1.54, 1.807) is 0 Å². The summed E-state index contributed by atoms with van der Waals surface area (Å²) in [5.74, 6) is 0. The molecule has 94 valence electrons. The molecule has 2 saturated heterocycles. The lowest BCUT2D eigenvalue weighted by molar-refractivity contribution is -0.00836. The summed E-state index contributed by atoms with van der Waals surface area (Å²) in [6, 6.07) is 0.555. The van der Waals surface area contributed by atoms with Crippen LogP contribution in [0.3, 0.4) is 0 Å². The van der Waals surface area contributed by atoms with E-state index in [4.69, 9.17) is 9.47 Å². The van der Waals surface area contributed by atoms with Crippen LogP contribution in [0.2, 0.25) is 0 Å². The number of hydrogen-bond donors (Lipinski definition) is 1. The highest BCUT2D eigenvalue weighted by atomic mass is 16.5. The second-order valence-corrected chi connectivity index (χ2v) is 5.17. The summed E-state index contributed by atoms with van der Waals surface area (Å²) in [6.07, 6.45) is 3.40. The Morgan fingerprint density at radius 2 is 1.94 bits per heavy atom. The van der Waals surface area contributed by atoms with Crippen LogP contribution in [0.25, 0.3) is 0 Å². The highest BCUT2D eigenvalue weighted by Crippen LogP contribution is 2.25. The standard InChI is InChI=1S/C12H24N2O2/c1-14(2)12(4-7-15-8-5-12)10-13-11-3-6-16-9-11/h11,13H,3-10H2,1-2H3. The van der Waals surface area contributed by atoms with E-state index in [9.17, 15) is 0 Å². The Morgan fingerprint density at radius 1 is 1.19 bits per heavy atom. The lowest BCUT2D eigenvalue weighted by atomic mass is 9.88. The highest BCUT2D eigenvalue weighted by molar-refractivity contribution is 4.93. The van der Waals surface area contributed by atoms with Gasteiger partial charge in [-0.3, -0.25) is 0 Å². The molecule has 4 nitrogen and oxygen atoms in total. The van der Waals surface area contributed by atoms with E-state index in [2.05, 4.69) is 24.3 Å². The van der Waals surface area contributed by atoms with Crippen molar-refractivity contribution in [3.63, 3.8) is 0 Å². The first kappa shape index (κ1) is 12.3. The van der Waals surface area contributed by atoms with E-state index in [0.717, 1.165) is 52.2 Å². The van der Waals surface area contributed by atoms with Crippen molar-refractivity contribution in [3.05, 3.63) is 0 Å². The molecule has 2 aliphatic heterocycles. The van der Waals surface area contributed by atoms with Crippen LogP contribution in [0.4, 0.5) is 0 Å². The number of ether oxygens (including phenoxy) is 2. The molecule has 0 radical (unpaired) electrons. The van der Waals surface area contributed by atoms with Gasteiger partial charge >= 0.3 is 0 Å². The van der Waals surface area contributed by atoms with Crippen molar-refractivity contribution >= 4 is 0 Å². The second kappa shape index (κ2) is 5.45. The average molecular weight is 228 g/mol. The van der Waals surface area contributed by atoms with Crippen LogP contribution >= 0.6 is 0 Å². The molecule has 2 aliphatic rings. The molecule has 0 amide bonds. The van der Waals surface area contributed by atoms with E-state index >= 15 is 0 Å². The van der Waals surface area contributed by atoms with E-state index in [1.807, 2.05) is 0 Å². The Bertz CT molecular complexity index is 209. The van der Waals surface area contributed by atoms with Gasteiger partial charge in [-0.2, -0.15) is 0 Å². The summed E-state index contributed by atoms with van der Waals surface area (Å²) in [5.41, 5.74) is 0.279. The minimum absolute atomic E-state index is 0.279. The van der Waals surface area contributed by atoms with Crippen molar-refractivity contribution in [1.82, 2.24) is 10.2 Å². The fourth-order valence-corrected chi connectivity index (χ4v) is 2.56. The molecule has 0 saturated carbocycles. The molecular weight excluding hydrogens is 204 g/mol. The van der Waals surface area contributed by atoms with Gasteiger partial charge < -0.3 is 19.7 Å². The van der Waals surface area contributed by atoms with Gasteiger partial charge in [0, 0.05) is 37.9 Å². The van der Waals surface area contributed by atoms with Crippen LogP contribution in [0.1, 0.15) is 19.3 Å². The molecule has 0 aromatic rings. The van der Waals surface area contributed by atoms with Crippen molar-refractivity contribution in [2.75, 3.05) is 47.1 Å². The molecule has 4 heteroatoms. The van der Waals surface area contributed by atoms with Gasteiger partial charge in [0.2, 0.25) is 0 Å². The lowest BCUT2D eigenvalue weighted by Crippen LogP contribution is -2.56. The Labute approximate surface area is 98.3 Å². The number of likely N-dealkylation sites (N-methyl/N-ethyl adjacent to an activating group) is 1. The number of hydrogen-bond acceptors (Lipinski definition) is 4. The predicted octanol–water partition coefficient (Wildman–Crippen LogP) is 0.476. The molecule has 0 spiro atoms. The first-order valence-electron chi connectivity index (χ1n) is 6.29. The maximum Gasteiger partial charge on any atom is 0.0620 e. The van der Waals surface area contributed by atoms with Gasteiger partial charge in [-0.25, -0.2) is 0 Å². The number of nitrogens with zero attached hydrogens (tertiary/aromatic N) is 1. The molecule has 2 fully saturated rings. The van der Waals surface area contributed by atoms with Crippen molar-refractivity contribution in [1.29, 1.82) is 0 Å². The Morgan fingerprint density at radius 3 is 2.50 bits per heavy atom. The summed E-state index contributed by atoms with van der Waals surface area (Å²) < 4.78 is 10.9. The van der Waals surface area contributed by atoms with Gasteiger partial charge in [0.15, 0.2) is 0 Å². The van der Waals surface area contributed by atoms with Crippen LogP contribution in [-0.4, -0.2) is 63.5 Å². The van der Waals surface area contributed by atoms with E-state index in [-0.39, 0.29) is 5.54 Å². The van der Waals surface area contributed by atoms with Gasteiger partial charge in [-0.05, 0) is 33.4 Å². The summed E-state index contributed by atoms with van der Waals surface area (Å²) in [7, 11) is 4.36. The quantitative estimate of drug-likeness (QED) is 0.758. The summed E-state index contributed by atoms with van der Waals surface area (Å²) in [5, 5.41) is 3.65. The molecule has 1 N–H and O–H groups in total. The first-order valence-corrected chi connectivity index (χ1v) is 6.29. The first-order chi connectivity index (χ1) is 7.73. The molecule has 2 rings (SSSR count). The summed E-state index contributed by atoms with van der Waals surface area (Å²) in [6.45, 7) is 4.62. The zero-order valence-electron chi connectivity index (χ0n) is 10.5. The Balaban J connectivity index is 1.86. The maximum absolute atomic E-state index is 5.47. The second-order valence-electron chi connectivity index (χ2n) is 5.17. The van der Waals surface area contributed by atoms with Gasteiger partial charge in [0.05, 0.1) is 6.61 Å².